The van der Waals surface area contributed by atoms with Crippen LogP contribution in [0.5, 0.6) is 0 Å². The van der Waals surface area contributed by atoms with Crippen molar-refractivity contribution in [1.82, 2.24) is 9.88 Å². The number of thiophene rings is 1. The van der Waals surface area contributed by atoms with Gasteiger partial charge >= 0.3 is 0 Å². The van der Waals surface area contributed by atoms with Gasteiger partial charge in [0.05, 0.1) is 23.7 Å². The third-order valence-electron chi connectivity index (χ3n) is 2.75. The van der Waals surface area contributed by atoms with Crippen molar-refractivity contribution < 1.29 is 9.90 Å². The van der Waals surface area contributed by atoms with Crippen LogP contribution in [-0.4, -0.2) is 47.1 Å². The number of aliphatic hydroxyl groups is 1. The molecule has 0 atom stereocenters. The Bertz CT molecular complexity index is 540. The van der Waals surface area contributed by atoms with E-state index in [0.717, 1.165) is 17.1 Å². The van der Waals surface area contributed by atoms with Gasteiger partial charge in [-0.15, -0.1) is 22.7 Å². The highest BCUT2D eigenvalue weighted by atomic mass is 32.1. The molecule has 0 fully saturated rings. The van der Waals surface area contributed by atoms with E-state index in [2.05, 4.69) is 10.3 Å². The molecule has 7 heteroatoms. The fourth-order valence-electron chi connectivity index (χ4n) is 1.72. The molecule has 0 aliphatic carbocycles. The summed E-state index contributed by atoms with van der Waals surface area (Å²) >= 11 is 3.04. The van der Waals surface area contributed by atoms with Crippen LogP contribution in [0.3, 0.4) is 0 Å². The Kier molecular flexibility index (Phi) is 5.66. The quantitative estimate of drug-likeness (QED) is 0.822. The highest BCUT2D eigenvalue weighted by Gasteiger charge is 2.11. The lowest BCUT2D eigenvalue weighted by Gasteiger charge is -2.17. The number of likely N-dealkylation sites (N-methyl/N-ethyl adjacent to an activating group) is 1. The summed E-state index contributed by atoms with van der Waals surface area (Å²) in [6.45, 7) is 3.52. The predicted molar refractivity (Wildman–Crippen MR) is 83.3 cm³/mol. The average Bonchev–Trinajstić information content (AvgIpc) is 3.08. The Labute approximate surface area is 125 Å². The van der Waals surface area contributed by atoms with Crippen LogP contribution in [-0.2, 0) is 4.79 Å². The number of carbonyl (C=O) groups is 1. The van der Waals surface area contributed by atoms with Crippen molar-refractivity contribution >= 4 is 33.7 Å². The smallest absolute Gasteiger partial charge is 0.240 e. The third-order valence-corrected chi connectivity index (χ3v) is 4.40. The molecule has 0 aromatic carbocycles. The lowest BCUT2D eigenvalue weighted by Crippen LogP contribution is -2.35. The lowest BCUT2D eigenvalue weighted by atomic mass is 10.4. The van der Waals surface area contributed by atoms with Gasteiger partial charge in [-0.3, -0.25) is 9.69 Å². The van der Waals surface area contributed by atoms with Crippen molar-refractivity contribution in [3.8, 4) is 10.6 Å². The number of amides is 1. The van der Waals surface area contributed by atoms with E-state index in [1.165, 1.54) is 11.3 Å². The zero-order valence-electron chi connectivity index (χ0n) is 11.2. The maximum atomic E-state index is 11.9. The molecular formula is C13H17N3O2S2. The number of nitrogens with zero attached hydrogens (tertiary/aromatic N) is 2. The zero-order chi connectivity index (χ0) is 14.4. The van der Waals surface area contributed by atoms with Crippen molar-refractivity contribution in [3.05, 3.63) is 22.9 Å². The van der Waals surface area contributed by atoms with Gasteiger partial charge in [-0.05, 0) is 18.0 Å². The summed E-state index contributed by atoms with van der Waals surface area (Å²) in [5, 5.41) is 16.2. The zero-order valence-corrected chi connectivity index (χ0v) is 12.8. The first kappa shape index (κ1) is 15.1. The molecule has 0 unspecified atom stereocenters. The van der Waals surface area contributed by atoms with Gasteiger partial charge in [-0.2, -0.15) is 0 Å². The Morgan fingerprint density at radius 1 is 1.50 bits per heavy atom. The van der Waals surface area contributed by atoms with Gasteiger partial charge in [0.1, 0.15) is 0 Å². The topological polar surface area (TPSA) is 65.5 Å². The largest absolute Gasteiger partial charge is 0.395 e. The second kappa shape index (κ2) is 7.49. The van der Waals surface area contributed by atoms with Crippen LogP contribution in [0, 0.1) is 0 Å². The SMILES string of the molecule is CCN(CCO)CC(=O)Nc1nc(-c2cccs2)cs1. The minimum atomic E-state index is -0.104. The fraction of sp³-hybridized carbons (Fsp3) is 0.385. The standard InChI is InChI=1S/C13H17N3O2S2/c1-2-16(5-6-17)8-12(18)15-13-14-10(9-20-13)11-4-3-7-19-11/h3-4,7,9,17H,2,5-6,8H2,1H3,(H,14,15,18). The van der Waals surface area contributed by atoms with Gasteiger partial charge in [0.25, 0.3) is 0 Å². The second-order valence-corrected chi connectivity index (χ2v) is 5.96. The summed E-state index contributed by atoms with van der Waals surface area (Å²) in [4.78, 5) is 19.3. The maximum absolute atomic E-state index is 11.9. The minimum absolute atomic E-state index is 0.0564. The predicted octanol–water partition coefficient (Wildman–Crippen LogP) is 2.12. The van der Waals surface area contributed by atoms with E-state index in [4.69, 9.17) is 5.11 Å². The molecule has 20 heavy (non-hydrogen) atoms. The number of aromatic nitrogens is 1. The monoisotopic (exact) mass is 311 g/mol. The van der Waals surface area contributed by atoms with Crippen LogP contribution in [0.15, 0.2) is 22.9 Å². The van der Waals surface area contributed by atoms with E-state index in [-0.39, 0.29) is 19.1 Å². The van der Waals surface area contributed by atoms with Gasteiger partial charge in [0.15, 0.2) is 5.13 Å². The number of anilines is 1. The molecule has 2 rings (SSSR count). The number of aliphatic hydroxyl groups excluding tert-OH is 1. The first-order valence-electron chi connectivity index (χ1n) is 6.35. The van der Waals surface area contributed by atoms with Crippen LogP contribution >= 0.6 is 22.7 Å². The van der Waals surface area contributed by atoms with Crippen molar-refractivity contribution in [3.63, 3.8) is 0 Å². The molecule has 1 amide bonds. The Morgan fingerprint density at radius 3 is 3.00 bits per heavy atom. The molecule has 2 aromatic heterocycles. The first-order valence-corrected chi connectivity index (χ1v) is 8.11. The van der Waals surface area contributed by atoms with Gasteiger partial charge in [-0.1, -0.05) is 13.0 Å². The lowest BCUT2D eigenvalue weighted by molar-refractivity contribution is -0.117. The molecule has 0 aliphatic heterocycles. The fourth-order valence-corrected chi connectivity index (χ4v) is 3.21. The summed E-state index contributed by atoms with van der Waals surface area (Å²) in [5.41, 5.74) is 0.892. The van der Waals surface area contributed by atoms with E-state index >= 15 is 0 Å². The molecular weight excluding hydrogens is 294 g/mol. The van der Waals surface area contributed by atoms with E-state index in [1.807, 2.05) is 34.7 Å². The number of hydrogen-bond donors (Lipinski definition) is 2. The Hall–Kier alpha value is -1.28. The van der Waals surface area contributed by atoms with Crippen molar-refractivity contribution in [2.24, 2.45) is 0 Å². The minimum Gasteiger partial charge on any atom is -0.395 e. The van der Waals surface area contributed by atoms with E-state index < -0.39 is 0 Å². The van der Waals surface area contributed by atoms with E-state index in [1.54, 1.807) is 11.3 Å². The highest BCUT2D eigenvalue weighted by molar-refractivity contribution is 7.16. The Balaban J connectivity index is 1.91. The summed E-state index contributed by atoms with van der Waals surface area (Å²) in [5.74, 6) is -0.104. The van der Waals surface area contributed by atoms with Crippen LogP contribution < -0.4 is 5.32 Å². The first-order chi connectivity index (χ1) is 9.72. The Morgan fingerprint density at radius 2 is 2.35 bits per heavy atom. The second-order valence-electron chi connectivity index (χ2n) is 4.16. The summed E-state index contributed by atoms with van der Waals surface area (Å²) < 4.78 is 0. The van der Waals surface area contributed by atoms with Gasteiger partial charge < -0.3 is 10.4 Å². The number of carbonyl (C=O) groups excluding carboxylic acids is 1. The number of hydrogen-bond acceptors (Lipinski definition) is 6. The summed E-state index contributed by atoms with van der Waals surface area (Å²) in [7, 11) is 0. The van der Waals surface area contributed by atoms with Gasteiger partial charge in [0.2, 0.25) is 5.91 Å². The van der Waals surface area contributed by atoms with Crippen LogP contribution in [0.2, 0.25) is 0 Å². The van der Waals surface area contributed by atoms with Crippen molar-refractivity contribution in [2.75, 3.05) is 31.6 Å². The highest BCUT2D eigenvalue weighted by Crippen LogP contribution is 2.28. The van der Waals surface area contributed by atoms with E-state index in [9.17, 15) is 4.79 Å². The molecule has 0 radical (unpaired) electrons. The number of rotatable bonds is 7. The van der Waals surface area contributed by atoms with Crippen LogP contribution in [0.4, 0.5) is 5.13 Å². The molecule has 5 nitrogen and oxygen atoms in total. The average molecular weight is 311 g/mol. The van der Waals surface area contributed by atoms with Crippen molar-refractivity contribution in [1.29, 1.82) is 0 Å². The molecule has 2 aromatic rings. The third kappa shape index (κ3) is 4.11. The summed E-state index contributed by atoms with van der Waals surface area (Å²) in [6, 6.07) is 3.98. The molecule has 0 saturated heterocycles. The van der Waals surface area contributed by atoms with Gasteiger partial charge in [-0.25, -0.2) is 4.98 Å². The van der Waals surface area contributed by atoms with Crippen LogP contribution in [0.25, 0.3) is 10.6 Å². The summed E-state index contributed by atoms with van der Waals surface area (Å²) in [6.07, 6.45) is 0. The normalized spacial score (nSPS) is 10.9. The van der Waals surface area contributed by atoms with Gasteiger partial charge in [0, 0.05) is 11.9 Å². The molecule has 108 valence electrons. The van der Waals surface area contributed by atoms with Crippen molar-refractivity contribution in [2.45, 2.75) is 6.92 Å². The maximum Gasteiger partial charge on any atom is 0.240 e. The molecule has 0 bridgehead atoms. The number of thiazole rings is 1. The molecule has 0 spiro atoms. The molecule has 0 aliphatic rings. The van der Waals surface area contributed by atoms with Crippen LogP contribution in [0.1, 0.15) is 6.92 Å². The molecule has 0 saturated carbocycles. The number of nitrogens with one attached hydrogen (secondary N) is 1. The van der Waals surface area contributed by atoms with E-state index in [0.29, 0.717) is 11.7 Å². The molecule has 2 N–H and O–H groups in total. The molecule has 2 heterocycles.